The third-order valence-electron chi connectivity index (χ3n) is 3.69. The Morgan fingerprint density at radius 1 is 1.25 bits per heavy atom. The zero-order valence-electron chi connectivity index (χ0n) is 11.7. The molecule has 110 valence electrons. The van der Waals surface area contributed by atoms with Gasteiger partial charge < -0.3 is 16.2 Å². The second kappa shape index (κ2) is 7.38. The van der Waals surface area contributed by atoms with Crippen LogP contribution in [-0.4, -0.2) is 41.6 Å². The van der Waals surface area contributed by atoms with Gasteiger partial charge >= 0.3 is 0 Å². The number of piperidine rings is 1. The van der Waals surface area contributed by atoms with E-state index in [-0.39, 0.29) is 12.5 Å². The summed E-state index contributed by atoms with van der Waals surface area (Å²) in [6.45, 7) is 2.82. The van der Waals surface area contributed by atoms with E-state index in [0.29, 0.717) is 19.1 Å². The summed E-state index contributed by atoms with van der Waals surface area (Å²) in [5, 5.41) is 11.9. The first-order chi connectivity index (χ1) is 9.67. The second-order valence-electron chi connectivity index (χ2n) is 5.36. The van der Waals surface area contributed by atoms with E-state index in [2.05, 4.69) is 10.2 Å². The molecule has 1 aromatic rings. The Morgan fingerprint density at radius 2 is 1.85 bits per heavy atom. The Kier molecular flexibility index (Phi) is 5.52. The van der Waals surface area contributed by atoms with Crippen molar-refractivity contribution in [3.8, 4) is 0 Å². The number of nitrogens with one attached hydrogen (secondary N) is 1. The van der Waals surface area contributed by atoms with Gasteiger partial charge in [-0.2, -0.15) is 0 Å². The molecule has 0 unspecified atom stereocenters. The smallest absolute Gasteiger partial charge is 0.234 e. The molecule has 20 heavy (non-hydrogen) atoms. The predicted octanol–water partition coefficient (Wildman–Crippen LogP) is 0.218. The molecule has 0 spiro atoms. The summed E-state index contributed by atoms with van der Waals surface area (Å²) in [6, 6.07) is 7.87. The van der Waals surface area contributed by atoms with E-state index in [1.54, 1.807) is 0 Å². The molecule has 0 atom stereocenters. The second-order valence-corrected chi connectivity index (χ2v) is 5.36. The molecule has 0 aromatic heterocycles. The summed E-state index contributed by atoms with van der Waals surface area (Å²) in [7, 11) is 0. The van der Waals surface area contributed by atoms with E-state index in [0.717, 1.165) is 37.1 Å². The maximum absolute atomic E-state index is 11.9. The lowest BCUT2D eigenvalue weighted by Gasteiger charge is -2.29. The quantitative estimate of drug-likeness (QED) is 0.719. The number of nitrogens with two attached hydrogens (primary N) is 1. The van der Waals surface area contributed by atoms with Crippen LogP contribution in [0, 0.1) is 0 Å². The van der Waals surface area contributed by atoms with E-state index in [9.17, 15) is 4.79 Å². The molecule has 1 aliphatic heterocycles. The van der Waals surface area contributed by atoms with E-state index in [1.165, 1.54) is 0 Å². The fourth-order valence-electron chi connectivity index (χ4n) is 2.33. The van der Waals surface area contributed by atoms with Gasteiger partial charge in [-0.05, 0) is 24.0 Å². The van der Waals surface area contributed by atoms with Crippen LogP contribution in [0.25, 0.3) is 0 Å². The number of benzene rings is 1. The number of nitrogens with zero attached hydrogens (tertiary/aromatic N) is 1. The summed E-state index contributed by atoms with van der Waals surface area (Å²) in [6.07, 6.45) is 1.94. The van der Waals surface area contributed by atoms with Crippen LogP contribution in [0.2, 0.25) is 0 Å². The number of hydrogen-bond acceptors (Lipinski definition) is 4. The van der Waals surface area contributed by atoms with Crippen molar-refractivity contribution in [2.24, 2.45) is 5.73 Å². The Hall–Kier alpha value is -1.43. The normalized spacial score (nSPS) is 17.1. The van der Waals surface area contributed by atoms with Gasteiger partial charge in [0.2, 0.25) is 5.91 Å². The van der Waals surface area contributed by atoms with Crippen molar-refractivity contribution < 1.29 is 9.90 Å². The molecule has 0 aliphatic carbocycles. The lowest BCUT2D eigenvalue weighted by atomic mass is 10.1. The molecule has 1 fully saturated rings. The van der Waals surface area contributed by atoms with Crippen molar-refractivity contribution in [3.63, 3.8) is 0 Å². The highest BCUT2D eigenvalue weighted by Crippen LogP contribution is 2.07. The zero-order valence-corrected chi connectivity index (χ0v) is 11.7. The van der Waals surface area contributed by atoms with Crippen molar-refractivity contribution in [2.45, 2.75) is 32.0 Å². The molecule has 1 heterocycles. The van der Waals surface area contributed by atoms with E-state index in [4.69, 9.17) is 10.8 Å². The molecule has 5 nitrogen and oxygen atoms in total. The third-order valence-corrected chi connectivity index (χ3v) is 3.69. The van der Waals surface area contributed by atoms with Gasteiger partial charge in [0.25, 0.3) is 0 Å². The van der Waals surface area contributed by atoms with Crippen molar-refractivity contribution in [1.82, 2.24) is 10.2 Å². The van der Waals surface area contributed by atoms with E-state index >= 15 is 0 Å². The third kappa shape index (κ3) is 4.59. The van der Waals surface area contributed by atoms with E-state index < -0.39 is 0 Å². The first-order valence-electron chi connectivity index (χ1n) is 7.10. The van der Waals surface area contributed by atoms with Gasteiger partial charge in [-0.3, -0.25) is 9.69 Å². The number of amides is 1. The molecule has 2 rings (SSSR count). The largest absolute Gasteiger partial charge is 0.392 e. The highest BCUT2D eigenvalue weighted by atomic mass is 16.3. The highest BCUT2D eigenvalue weighted by molar-refractivity contribution is 5.78. The predicted molar refractivity (Wildman–Crippen MR) is 77.9 cm³/mol. The molecule has 5 heteroatoms. The summed E-state index contributed by atoms with van der Waals surface area (Å²) >= 11 is 0. The lowest BCUT2D eigenvalue weighted by Crippen LogP contribution is -2.44. The van der Waals surface area contributed by atoms with Gasteiger partial charge in [-0.25, -0.2) is 0 Å². The molecule has 4 N–H and O–H groups in total. The molecule has 0 bridgehead atoms. The lowest BCUT2D eigenvalue weighted by molar-refractivity contribution is -0.122. The monoisotopic (exact) mass is 277 g/mol. The summed E-state index contributed by atoms with van der Waals surface area (Å²) in [5.41, 5.74) is 7.76. The highest BCUT2D eigenvalue weighted by Gasteiger charge is 2.17. The molecule has 1 aliphatic rings. The fraction of sp³-hybridized carbons (Fsp3) is 0.533. The Morgan fingerprint density at radius 3 is 2.45 bits per heavy atom. The van der Waals surface area contributed by atoms with Crippen LogP contribution in [0.5, 0.6) is 0 Å². The fourth-order valence-corrected chi connectivity index (χ4v) is 2.33. The van der Waals surface area contributed by atoms with Gasteiger partial charge in [0, 0.05) is 25.7 Å². The molecular formula is C15H23N3O2. The Bertz CT molecular complexity index is 425. The van der Waals surface area contributed by atoms with Gasteiger partial charge in [0.15, 0.2) is 0 Å². The number of carbonyl (C=O) groups is 1. The molecular weight excluding hydrogens is 254 g/mol. The molecule has 0 saturated carbocycles. The van der Waals surface area contributed by atoms with Gasteiger partial charge in [0.1, 0.15) is 0 Å². The number of likely N-dealkylation sites (tertiary alicyclic amines) is 1. The standard InChI is InChI=1S/C15H23N3O2/c16-14-5-7-18(8-6-14)10-15(20)17-9-12-1-3-13(11-19)4-2-12/h1-4,14,19H,5-11,16H2,(H,17,20). The van der Waals surface area contributed by atoms with Gasteiger partial charge in [-0.1, -0.05) is 24.3 Å². The molecule has 0 radical (unpaired) electrons. The molecule has 1 aromatic carbocycles. The summed E-state index contributed by atoms with van der Waals surface area (Å²) in [4.78, 5) is 14.0. The van der Waals surface area contributed by atoms with E-state index in [1.807, 2.05) is 24.3 Å². The number of aliphatic hydroxyl groups excluding tert-OH is 1. The number of rotatable bonds is 5. The van der Waals surface area contributed by atoms with Crippen LogP contribution in [0.4, 0.5) is 0 Å². The molecule has 1 amide bonds. The van der Waals surface area contributed by atoms with Crippen LogP contribution in [-0.2, 0) is 17.9 Å². The maximum atomic E-state index is 11.9. The van der Waals surface area contributed by atoms with Crippen molar-refractivity contribution >= 4 is 5.91 Å². The summed E-state index contributed by atoms with van der Waals surface area (Å²) in [5.74, 6) is 0.0479. The SMILES string of the molecule is NC1CCN(CC(=O)NCc2ccc(CO)cc2)CC1. The Balaban J connectivity index is 1.71. The molecule has 1 saturated heterocycles. The maximum Gasteiger partial charge on any atom is 0.234 e. The topological polar surface area (TPSA) is 78.6 Å². The zero-order chi connectivity index (χ0) is 14.4. The number of carbonyl (C=O) groups excluding carboxylic acids is 1. The van der Waals surface area contributed by atoms with Gasteiger partial charge in [0.05, 0.1) is 13.2 Å². The van der Waals surface area contributed by atoms with Crippen molar-refractivity contribution in [3.05, 3.63) is 35.4 Å². The minimum atomic E-state index is 0.0454. The Labute approximate surface area is 119 Å². The average molecular weight is 277 g/mol. The minimum Gasteiger partial charge on any atom is -0.392 e. The van der Waals surface area contributed by atoms with Crippen LogP contribution < -0.4 is 11.1 Å². The number of hydrogen-bond donors (Lipinski definition) is 3. The summed E-state index contributed by atoms with van der Waals surface area (Å²) < 4.78 is 0. The minimum absolute atomic E-state index is 0.0454. The van der Waals surface area contributed by atoms with Crippen LogP contribution >= 0.6 is 0 Å². The van der Waals surface area contributed by atoms with Crippen LogP contribution in [0.3, 0.4) is 0 Å². The van der Waals surface area contributed by atoms with Crippen molar-refractivity contribution in [1.29, 1.82) is 0 Å². The number of aliphatic hydroxyl groups is 1. The first kappa shape index (κ1) is 15.0. The van der Waals surface area contributed by atoms with Crippen molar-refractivity contribution in [2.75, 3.05) is 19.6 Å². The first-order valence-corrected chi connectivity index (χ1v) is 7.10. The van der Waals surface area contributed by atoms with Crippen LogP contribution in [0.1, 0.15) is 24.0 Å². The van der Waals surface area contributed by atoms with Gasteiger partial charge in [-0.15, -0.1) is 0 Å². The van der Waals surface area contributed by atoms with Crippen LogP contribution in [0.15, 0.2) is 24.3 Å². The average Bonchev–Trinajstić information content (AvgIpc) is 2.48.